The summed E-state index contributed by atoms with van der Waals surface area (Å²) in [6, 6.07) is 9.56. The molecule has 0 saturated carbocycles. The molecule has 2 aromatic heterocycles. The van der Waals surface area contributed by atoms with Crippen molar-refractivity contribution in [3.63, 3.8) is 0 Å². The molecule has 21 heavy (non-hydrogen) atoms. The molecular formula is C16H13NO3S. The van der Waals surface area contributed by atoms with Crippen molar-refractivity contribution in [3.8, 4) is 27.5 Å². The summed E-state index contributed by atoms with van der Waals surface area (Å²) >= 11 is 1.45. The Kier molecular flexibility index (Phi) is 3.58. The third-order valence-electron chi connectivity index (χ3n) is 3.13. The molecule has 2 heterocycles. The molecule has 0 N–H and O–H groups in total. The molecule has 0 bridgehead atoms. The Labute approximate surface area is 126 Å². The van der Waals surface area contributed by atoms with Crippen LogP contribution in [0.4, 0.5) is 0 Å². The number of carbonyl (C=O) groups is 1. The first kappa shape index (κ1) is 13.6. The number of hydrogen-bond acceptors (Lipinski definition) is 5. The van der Waals surface area contributed by atoms with Gasteiger partial charge in [-0.25, -0.2) is 4.98 Å². The number of aromatic nitrogens is 1. The fraction of sp³-hybridized carbons (Fsp3) is 0.125. The number of oxazole rings is 1. The first-order valence-electron chi connectivity index (χ1n) is 6.37. The predicted molar refractivity (Wildman–Crippen MR) is 81.8 cm³/mol. The van der Waals surface area contributed by atoms with Gasteiger partial charge in [-0.1, -0.05) is 0 Å². The van der Waals surface area contributed by atoms with Crippen LogP contribution in [0.1, 0.15) is 16.6 Å². The van der Waals surface area contributed by atoms with Crippen LogP contribution < -0.4 is 4.74 Å². The molecule has 3 rings (SSSR count). The molecule has 0 aliphatic rings. The normalized spacial score (nSPS) is 10.6. The SMILES string of the molecule is COc1ccc(-c2cnco2)cc1-c1ccc(C(C)=O)s1. The number of benzene rings is 1. The molecule has 0 saturated heterocycles. The van der Waals surface area contributed by atoms with Crippen molar-refractivity contribution in [3.05, 3.63) is 47.8 Å². The molecule has 4 nitrogen and oxygen atoms in total. The van der Waals surface area contributed by atoms with Gasteiger partial charge in [0.25, 0.3) is 0 Å². The van der Waals surface area contributed by atoms with Gasteiger partial charge < -0.3 is 9.15 Å². The number of ether oxygens (including phenoxy) is 1. The third kappa shape index (κ3) is 2.60. The monoisotopic (exact) mass is 299 g/mol. The molecule has 0 unspecified atom stereocenters. The van der Waals surface area contributed by atoms with E-state index in [4.69, 9.17) is 9.15 Å². The highest BCUT2D eigenvalue weighted by Gasteiger charge is 2.13. The minimum Gasteiger partial charge on any atom is -0.496 e. The second kappa shape index (κ2) is 5.54. The van der Waals surface area contributed by atoms with Gasteiger partial charge >= 0.3 is 0 Å². The summed E-state index contributed by atoms with van der Waals surface area (Å²) in [5, 5.41) is 0. The lowest BCUT2D eigenvalue weighted by molar-refractivity contribution is 0.102. The highest BCUT2D eigenvalue weighted by atomic mass is 32.1. The highest BCUT2D eigenvalue weighted by Crippen LogP contribution is 2.37. The van der Waals surface area contributed by atoms with E-state index >= 15 is 0 Å². The van der Waals surface area contributed by atoms with E-state index in [0.717, 1.165) is 26.6 Å². The Balaban J connectivity index is 2.10. The maximum atomic E-state index is 11.5. The van der Waals surface area contributed by atoms with Crippen molar-refractivity contribution < 1.29 is 13.9 Å². The Bertz CT molecular complexity index is 775. The van der Waals surface area contributed by atoms with Crippen molar-refractivity contribution in [1.82, 2.24) is 4.98 Å². The van der Waals surface area contributed by atoms with Crippen LogP contribution in [0.5, 0.6) is 5.75 Å². The van der Waals surface area contributed by atoms with Crippen LogP contribution in [0.25, 0.3) is 21.8 Å². The molecule has 106 valence electrons. The lowest BCUT2D eigenvalue weighted by Crippen LogP contribution is -1.87. The van der Waals surface area contributed by atoms with Crippen LogP contribution in [0.15, 0.2) is 47.3 Å². The van der Waals surface area contributed by atoms with Gasteiger partial charge in [0.2, 0.25) is 0 Å². The number of thiophene rings is 1. The summed E-state index contributed by atoms with van der Waals surface area (Å²) in [7, 11) is 1.63. The number of Topliss-reactive ketones (excluding diaryl/α,β-unsaturated/α-hetero) is 1. The Morgan fingerprint density at radius 3 is 2.76 bits per heavy atom. The number of ketones is 1. The van der Waals surface area contributed by atoms with E-state index in [1.54, 1.807) is 20.2 Å². The minimum atomic E-state index is 0.0663. The van der Waals surface area contributed by atoms with Gasteiger partial charge in [0.1, 0.15) is 5.75 Å². The lowest BCUT2D eigenvalue weighted by Gasteiger charge is -2.08. The first-order chi connectivity index (χ1) is 10.2. The smallest absolute Gasteiger partial charge is 0.181 e. The Hall–Kier alpha value is -2.40. The van der Waals surface area contributed by atoms with Gasteiger partial charge in [0, 0.05) is 16.0 Å². The molecule has 0 fully saturated rings. The van der Waals surface area contributed by atoms with E-state index in [2.05, 4.69) is 4.98 Å². The van der Waals surface area contributed by atoms with E-state index in [1.807, 2.05) is 30.3 Å². The van der Waals surface area contributed by atoms with Crippen LogP contribution in [0.3, 0.4) is 0 Å². The summed E-state index contributed by atoms with van der Waals surface area (Å²) in [5.41, 5.74) is 1.85. The van der Waals surface area contributed by atoms with Crippen molar-refractivity contribution >= 4 is 17.1 Å². The number of hydrogen-bond donors (Lipinski definition) is 0. The fourth-order valence-electron chi connectivity index (χ4n) is 2.08. The second-order valence-electron chi connectivity index (χ2n) is 4.50. The van der Waals surface area contributed by atoms with E-state index < -0.39 is 0 Å². The lowest BCUT2D eigenvalue weighted by atomic mass is 10.1. The first-order valence-corrected chi connectivity index (χ1v) is 7.18. The van der Waals surface area contributed by atoms with Crippen molar-refractivity contribution in [2.45, 2.75) is 6.92 Å². The summed E-state index contributed by atoms with van der Waals surface area (Å²) in [6.45, 7) is 1.57. The van der Waals surface area contributed by atoms with Crippen LogP contribution in [0, 0.1) is 0 Å². The quantitative estimate of drug-likeness (QED) is 0.675. The zero-order valence-electron chi connectivity index (χ0n) is 11.6. The number of carbonyl (C=O) groups excluding carboxylic acids is 1. The van der Waals surface area contributed by atoms with Crippen molar-refractivity contribution in [2.75, 3.05) is 7.11 Å². The standard InChI is InChI=1S/C16H13NO3S/c1-10(18)15-5-6-16(21-15)12-7-11(3-4-13(12)19-2)14-8-17-9-20-14/h3-9H,1-2H3. The molecule has 0 amide bonds. The van der Waals surface area contributed by atoms with Gasteiger partial charge in [-0.2, -0.15) is 0 Å². The molecule has 5 heteroatoms. The van der Waals surface area contributed by atoms with Crippen LogP contribution in [0.2, 0.25) is 0 Å². The number of rotatable bonds is 4. The maximum absolute atomic E-state index is 11.5. The zero-order valence-corrected chi connectivity index (χ0v) is 12.4. The zero-order chi connectivity index (χ0) is 14.8. The molecule has 0 radical (unpaired) electrons. The van der Waals surface area contributed by atoms with Crippen LogP contribution in [-0.4, -0.2) is 17.9 Å². The highest BCUT2D eigenvalue weighted by molar-refractivity contribution is 7.17. The molecule has 0 aliphatic heterocycles. The summed E-state index contributed by atoms with van der Waals surface area (Å²) in [4.78, 5) is 17.1. The average Bonchev–Trinajstić information content (AvgIpc) is 3.18. The summed E-state index contributed by atoms with van der Waals surface area (Å²) in [6.07, 6.45) is 3.07. The minimum absolute atomic E-state index is 0.0663. The van der Waals surface area contributed by atoms with E-state index in [0.29, 0.717) is 5.76 Å². The van der Waals surface area contributed by atoms with Gasteiger partial charge in [-0.3, -0.25) is 4.79 Å². The van der Waals surface area contributed by atoms with E-state index in [1.165, 1.54) is 17.7 Å². The molecule has 3 aromatic rings. The number of nitrogens with zero attached hydrogens (tertiary/aromatic N) is 1. The van der Waals surface area contributed by atoms with Gasteiger partial charge in [0.15, 0.2) is 17.9 Å². The fourth-order valence-corrected chi connectivity index (χ4v) is 3.01. The Morgan fingerprint density at radius 1 is 1.29 bits per heavy atom. The van der Waals surface area contributed by atoms with Crippen LogP contribution >= 0.6 is 11.3 Å². The van der Waals surface area contributed by atoms with E-state index in [-0.39, 0.29) is 5.78 Å². The largest absolute Gasteiger partial charge is 0.496 e. The summed E-state index contributed by atoms with van der Waals surface area (Å²) < 4.78 is 10.7. The average molecular weight is 299 g/mol. The molecule has 1 aromatic carbocycles. The summed E-state index contributed by atoms with van der Waals surface area (Å²) in [5.74, 6) is 1.52. The topological polar surface area (TPSA) is 52.3 Å². The number of methoxy groups -OCH3 is 1. The van der Waals surface area contributed by atoms with Gasteiger partial charge in [0.05, 0.1) is 18.2 Å². The Morgan fingerprint density at radius 2 is 2.14 bits per heavy atom. The third-order valence-corrected chi connectivity index (χ3v) is 4.35. The second-order valence-corrected chi connectivity index (χ2v) is 5.58. The maximum Gasteiger partial charge on any atom is 0.181 e. The van der Waals surface area contributed by atoms with E-state index in [9.17, 15) is 4.79 Å². The van der Waals surface area contributed by atoms with Gasteiger partial charge in [-0.15, -0.1) is 11.3 Å². The van der Waals surface area contributed by atoms with Gasteiger partial charge in [-0.05, 0) is 37.3 Å². The molecule has 0 atom stereocenters. The molecule has 0 aliphatic carbocycles. The predicted octanol–water partition coefficient (Wildman–Crippen LogP) is 4.28. The van der Waals surface area contributed by atoms with Crippen molar-refractivity contribution in [2.24, 2.45) is 0 Å². The van der Waals surface area contributed by atoms with Crippen LogP contribution in [-0.2, 0) is 0 Å². The van der Waals surface area contributed by atoms with Crippen molar-refractivity contribution in [1.29, 1.82) is 0 Å². The molecule has 0 spiro atoms. The molecular weight excluding hydrogens is 286 g/mol.